The number of carboxylic acids is 1. The number of aliphatic hydroxyl groups is 4. The number of hydrogen-bond acceptors (Lipinski definition) is 14. The molecular formula is C23H41N5O14. The highest BCUT2D eigenvalue weighted by Gasteiger charge is 2.45. The molecule has 1 aliphatic heterocycles. The van der Waals surface area contributed by atoms with Crippen LogP contribution < -0.4 is 27.0 Å². The van der Waals surface area contributed by atoms with Gasteiger partial charge in [0.2, 0.25) is 23.6 Å². The van der Waals surface area contributed by atoms with Crippen LogP contribution in [0.15, 0.2) is 0 Å². The van der Waals surface area contributed by atoms with Crippen LogP contribution in [0.3, 0.4) is 0 Å². The molecule has 0 aromatic heterocycles. The Balaban J connectivity index is 2.15. The van der Waals surface area contributed by atoms with E-state index >= 15 is 0 Å². The van der Waals surface area contributed by atoms with E-state index in [1.807, 2.05) is 5.32 Å². The van der Waals surface area contributed by atoms with Crippen LogP contribution in [-0.4, -0.2) is 157 Å². The van der Waals surface area contributed by atoms with Crippen molar-refractivity contribution in [3.05, 3.63) is 0 Å². The second kappa shape index (κ2) is 20.0. The number of nitrogens with two attached hydrogens (primary N) is 1. The number of hydrogen-bond donors (Lipinski definition) is 10. The molecule has 0 aromatic rings. The second-order valence-electron chi connectivity index (χ2n) is 9.05. The summed E-state index contributed by atoms with van der Waals surface area (Å²) in [5.41, 5.74) is 5.64. The molecule has 0 unspecified atom stereocenters. The number of carboxylic acid groups (broad SMARTS) is 1. The fraction of sp³-hybridized carbons (Fsp3) is 0.783. The quantitative estimate of drug-likeness (QED) is 0.0572. The Bertz CT molecular complexity index is 880. The van der Waals surface area contributed by atoms with Gasteiger partial charge in [0.15, 0.2) is 6.29 Å². The maximum atomic E-state index is 11.9. The van der Waals surface area contributed by atoms with Crippen LogP contribution in [0.5, 0.6) is 0 Å². The number of rotatable bonds is 20. The van der Waals surface area contributed by atoms with Gasteiger partial charge in [0.25, 0.3) is 0 Å². The molecule has 42 heavy (non-hydrogen) atoms. The van der Waals surface area contributed by atoms with E-state index in [2.05, 4.69) is 16.0 Å². The summed E-state index contributed by atoms with van der Waals surface area (Å²) in [6.07, 6.45) is -5.44. The summed E-state index contributed by atoms with van der Waals surface area (Å²) in [7, 11) is 0. The molecule has 0 aliphatic carbocycles. The molecule has 4 amide bonds. The maximum Gasteiger partial charge on any atom is 0.328 e. The Morgan fingerprint density at radius 3 is 2.17 bits per heavy atom. The van der Waals surface area contributed by atoms with Crippen LogP contribution in [0.25, 0.3) is 0 Å². The highest BCUT2D eigenvalue weighted by atomic mass is 16.7. The zero-order chi connectivity index (χ0) is 31.7. The van der Waals surface area contributed by atoms with Gasteiger partial charge in [-0.3, -0.25) is 19.2 Å². The van der Waals surface area contributed by atoms with Gasteiger partial charge in [0, 0.05) is 13.5 Å². The van der Waals surface area contributed by atoms with Gasteiger partial charge in [-0.05, 0) is 0 Å². The van der Waals surface area contributed by atoms with E-state index < -0.39 is 92.1 Å². The lowest BCUT2D eigenvalue weighted by atomic mass is 9.97. The monoisotopic (exact) mass is 611 g/mol. The first-order chi connectivity index (χ1) is 19.9. The molecule has 242 valence electrons. The molecule has 1 rings (SSSR count). The summed E-state index contributed by atoms with van der Waals surface area (Å²) < 4.78 is 21.6. The molecule has 0 bridgehead atoms. The van der Waals surface area contributed by atoms with Gasteiger partial charge in [0.1, 0.15) is 30.4 Å². The number of carbonyl (C=O) groups excluding carboxylic acids is 4. The molecule has 0 spiro atoms. The molecule has 1 saturated heterocycles. The minimum atomic E-state index is -1.52. The lowest BCUT2D eigenvalue weighted by Gasteiger charge is -2.42. The molecule has 1 heterocycles. The van der Waals surface area contributed by atoms with E-state index in [-0.39, 0.29) is 46.0 Å². The molecule has 7 atom stereocenters. The number of amides is 4. The lowest BCUT2D eigenvalue weighted by Crippen LogP contribution is -2.64. The number of aliphatic carboxylic acids is 1. The predicted molar refractivity (Wildman–Crippen MR) is 138 cm³/mol. The fourth-order valence-electron chi connectivity index (χ4n) is 3.51. The average molecular weight is 612 g/mol. The molecule has 19 nitrogen and oxygen atoms in total. The third kappa shape index (κ3) is 13.8. The summed E-state index contributed by atoms with van der Waals surface area (Å²) in [5.74, 6) is -4.14. The number of carbonyl (C=O) groups is 5. The summed E-state index contributed by atoms with van der Waals surface area (Å²) in [6, 6.07) is -3.84. The van der Waals surface area contributed by atoms with E-state index in [1.54, 1.807) is 0 Å². The highest BCUT2D eigenvalue weighted by molar-refractivity contribution is 5.91. The molecular weight excluding hydrogens is 570 g/mol. The SMILES string of the molecule is CC(=O)N[C@H]1[C@H](OCCOCCOCCNC(=O)C[C@H](N)C(=O)NCC(=O)N[C@H](CO)C(=O)O)O[C@H](CO)[C@@H](O)[C@@H]1O. The smallest absolute Gasteiger partial charge is 0.328 e. The van der Waals surface area contributed by atoms with Crippen molar-refractivity contribution in [2.24, 2.45) is 5.73 Å². The molecule has 0 radical (unpaired) electrons. The lowest BCUT2D eigenvalue weighted by molar-refractivity contribution is -0.272. The Morgan fingerprint density at radius 2 is 1.57 bits per heavy atom. The first kappa shape index (κ1) is 37.0. The summed E-state index contributed by atoms with van der Waals surface area (Å²) in [6.45, 7) is -0.0835. The van der Waals surface area contributed by atoms with Gasteiger partial charge in [-0.2, -0.15) is 0 Å². The molecule has 0 saturated carbocycles. The average Bonchev–Trinajstić information content (AvgIpc) is 2.94. The molecule has 19 heteroatoms. The van der Waals surface area contributed by atoms with Gasteiger partial charge in [0.05, 0.1) is 65.3 Å². The Morgan fingerprint density at radius 1 is 0.929 bits per heavy atom. The van der Waals surface area contributed by atoms with E-state index in [0.717, 1.165) is 0 Å². The van der Waals surface area contributed by atoms with Crippen molar-refractivity contribution in [2.75, 3.05) is 59.3 Å². The molecule has 1 aliphatic rings. The zero-order valence-corrected chi connectivity index (χ0v) is 23.1. The summed E-state index contributed by atoms with van der Waals surface area (Å²) >= 11 is 0. The van der Waals surface area contributed by atoms with E-state index in [0.29, 0.717) is 0 Å². The first-order valence-corrected chi connectivity index (χ1v) is 13.0. The summed E-state index contributed by atoms with van der Waals surface area (Å²) in [5, 5.41) is 56.2. The van der Waals surface area contributed by atoms with E-state index in [4.69, 9.17) is 34.9 Å². The summed E-state index contributed by atoms with van der Waals surface area (Å²) in [4.78, 5) is 57.7. The van der Waals surface area contributed by atoms with Gasteiger partial charge in [-0.15, -0.1) is 0 Å². The van der Waals surface area contributed by atoms with Crippen molar-refractivity contribution < 1.29 is 68.5 Å². The number of nitrogens with one attached hydrogen (secondary N) is 4. The first-order valence-electron chi connectivity index (χ1n) is 13.0. The van der Waals surface area contributed by atoms with Crippen LogP contribution in [0.1, 0.15) is 13.3 Å². The molecule has 1 fully saturated rings. The Kier molecular flexibility index (Phi) is 17.6. The van der Waals surface area contributed by atoms with Crippen LogP contribution >= 0.6 is 0 Å². The van der Waals surface area contributed by atoms with E-state index in [1.165, 1.54) is 6.92 Å². The largest absolute Gasteiger partial charge is 0.480 e. The third-order valence-corrected chi connectivity index (χ3v) is 5.68. The normalized spacial score (nSPS) is 23.3. The van der Waals surface area contributed by atoms with Crippen molar-refractivity contribution in [3.8, 4) is 0 Å². The van der Waals surface area contributed by atoms with Crippen molar-refractivity contribution in [3.63, 3.8) is 0 Å². The van der Waals surface area contributed by atoms with Crippen LogP contribution in [0, 0.1) is 0 Å². The van der Waals surface area contributed by atoms with Crippen LogP contribution in [-0.2, 0) is 42.9 Å². The number of aliphatic hydroxyl groups excluding tert-OH is 4. The van der Waals surface area contributed by atoms with Crippen molar-refractivity contribution >= 4 is 29.6 Å². The van der Waals surface area contributed by atoms with Gasteiger partial charge in [-0.1, -0.05) is 0 Å². The standard InChI is InChI=1S/C23H41N5O14/c1-12(31)27-18-20(35)19(34)15(11-30)42-23(18)41-7-6-40-5-4-39-3-2-25-16(32)8-13(24)21(36)26-9-17(33)28-14(10-29)22(37)38/h13-15,18-20,23,29-30,34-35H,2-11,24H2,1H3,(H,25,32)(H,26,36)(H,27,31)(H,28,33)(H,37,38)/t13-,14+,15+,18+,19+,20+,23+/m0/s1. The highest BCUT2D eigenvalue weighted by Crippen LogP contribution is 2.22. The molecule has 11 N–H and O–H groups in total. The topological polar surface area (TPSA) is 298 Å². The predicted octanol–water partition coefficient (Wildman–Crippen LogP) is -6.51. The van der Waals surface area contributed by atoms with Crippen molar-refractivity contribution in [1.82, 2.24) is 21.3 Å². The minimum Gasteiger partial charge on any atom is -0.480 e. The number of ether oxygens (including phenoxy) is 4. The molecule has 0 aromatic carbocycles. The van der Waals surface area contributed by atoms with E-state index in [9.17, 15) is 39.3 Å². The Labute approximate surface area is 241 Å². The third-order valence-electron chi connectivity index (χ3n) is 5.68. The maximum absolute atomic E-state index is 11.9. The van der Waals surface area contributed by atoms with Gasteiger partial charge in [-0.25, -0.2) is 4.79 Å². The van der Waals surface area contributed by atoms with Crippen LogP contribution in [0.2, 0.25) is 0 Å². The zero-order valence-electron chi connectivity index (χ0n) is 23.1. The minimum absolute atomic E-state index is 0.00178. The second-order valence-corrected chi connectivity index (χ2v) is 9.05. The van der Waals surface area contributed by atoms with Crippen LogP contribution in [0.4, 0.5) is 0 Å². The van der Waals surface area contributed by atoms with Crippen molar-refractivity contribution in [2.45, 2.75) is 56.1 Å². The van der Waals surface area contributed by atoms with Gasteiger partial charge < -0.3 is 71.5 Å². The fourth-order valence-corrected chi connectivity index (χ4v) is 3.51. The van der Waals surface area contributed by atoms with Crippen molar-refractivity contribution in [1.29, 1.82) is 0 Å². The Hall–Kier alpha value is -3.01. The van der Waals surface area contributed by atoms with Gasteiger partial charge >= 0.3 is 5.97 Å².